The smallest absolute Gasteiger partial charge is 0.259 e. The molecule has 3 rings (SSSR count). The summed E-state index contributed by atoms with van der Waals surface area (Å²) in [4.78, 5) is 12.3. The number of halogens is 1. The Balaban J connectivity index is 1.90. The molecule has 0 fully saturated rings. The number of nitrogens with zero attached hydrogens (tertiary/aromatic N) is 1. The molecule has 0 atom stereocenters. The molecule has 2 N–H and O–H groups in total. The normalized spacial score (nSPS) is 10.6. The maximum Gasteiger partial charge on any atom is 0.259 e. The summed E-state index contributed by atoms with van der Waals surface area (Å²) in [7, 11) is 1.51. The van der Waals surface area contributed by atoms with E-state index in [4.69, 9.17) is 16.3 Å². The highest BCUT2D eigenvalue weighted by Crippen LogP contribution is 2.24. The van der Waals surface area contributed by atoms with Crippen LogP contribution in [0.15, 0.2) is 42.6 Å². The summed E-state index contributed by atoms with van der Waals surface area (Å²) in [5.74, 6) is 0.193. The second kappa shape index (κ2) is 5.46. The zero-order valence-electron chi connectivity index (χ0n) is 11.2. The Kier molecular flexibility index (Phi) is 3.50. The lowest BCUT2D eigenvalue weighted by Crippen LogP contribution is -2.13. The Hall–Kier alpha value is -2.53. The van der Waals surface area contributed by atoms with Crippen molar-refractivity contribution in [1.82, 2.24) is 10.2 Å². The third kappa shape index (κ3) is 2.68. The Morgan fingerprint density at radius 2 is 2.14 bits per heavy atom. The number of H-pyrrole nitrogens is 1. The van der Waals surface area contributed by atoms with Crippen molar-refractivity contribution < 1.29 is 9.53 Å². The van der Waals surface area contributed by atoms with Crippen LogP contribution in [0, 0.1) is 0 Å². The number of hydrogen-bond acceptors (Lipinski definition) is 3. The van der Waals surface area contributed by atoms with Crippen molar-refractivity contribution in [3.63, 3.8) is 0 Å². The van der Waals surface area contributed by atoms with Crippen LogP contribution in [0.25, 0.3) is 10.9 Å². The minimum Gasteiger partial charge on any atom is -0.496 e. The van der Waals surface area contributed by atoms with Gasteiger partial charge in [-0.1, -0.05) is 11.6 Å². The molecular weight excluding hydrogens is 290 g/mol. The number of anilines is 1. The molecule has 0 bridgehead atoms. The molecule has 0 unspecified atom stereocenters. The van der Waals surface area contributed by atoms with Gasteiger partial charge in [0.05, 0.1) is 24.4 Å². The monoisotopic (exact) mass is 301 g/mol. The first-order valence-electron chi connectivity index (χ1n) is 6.25. The second-order valence-corrected chi connectivity index (χ2v) is 4.91. The number of fused-ring (bicyclic) bond motifs is 1. The van der Waals surface area contributed by atoms with E-state index in [1.807, 2.05) is 12.1 Å². The van der Waals surface area contributed by atoms with Crippen molar-refractivity contribution in [3.05, 3.63) is 53.2 Å². The highest BCUT2D eigenvalue weighted by Gasteiger charge is 2.13. The van der Waals surface area contributed by atoms with E-state index < -0.39 is 0 Å². The van der Waals surface area contributed by atoms with E-state index >= 15 is 0 Å². The van der Waals surface area contributed by atoms with Crippen LogP contribution in [0.3, 0.4) is 0 Å². The largest absolute Gasteiger partial charge is 0.496 e. The fraction of sp³-hybridized carbons (Fsp3) is 0.0667. The predicted molar refractivity (Wildman–Crippen MR) is 82.1 cm³/mol. The molecule has 6 heteroatoms. The first kappa shape index (κ1) is 13.5. The van der Waals surface area contributed by atoms with Crippen LogP contribution in [0.2, 0.25) is 5.02 Å². The minimum atomic E-state index is -0.280. The predicted octanol–water partition coefficient (Wildman–Crippen LogP) is 3.48. The number of benzene rings is 2. The highest BCUT2D eigenvalue weighted by atomic mass is 35.5. The van der Waals surface area contributed by atoms with Crippen LogP contribution in [0.5, 0.6) is 5.75 Å². The first-order valence-corrected chi connectivity index (χ1v) is 6.63. The molecule has 1 aromatic heterocycles. The number of rotatable bonds is 3. The van der Waals surface area contributed by atoms with Crippen molar-refractivity contribution in [1.29, 1.82) is 0 Å². The molecule has 0 radical (unpaired) electrons. The minimum absolute atomic E-state index is 0.280. The van der Waals surface area contributed by atoms with Crippen LogP contribution < -0.4 is 10.1 Å². The van der Waals surface area contributed by atoms with Crippen LogP contribution in [0.4, 0.5) is 5.69 Å². The summed E-state index contributed by atoms with van der Waals surface area (Å²) in [6.45, 7) is 0. The molecule has 106 valence electrons. The van der Waals surface area contributed by atoms with Gasteiger partial charge in [0.1, 0.15) is 5.75 Å². The molecule has 0 aliphatic heterocycles. The molecule has 1 heterocycles. The summed E-state index contributed by atoms with van der Waals surface area (Å²) in [5.41, 5.74) is 1.97. The average molecular weight is 302 g/mol. The topological polar surface area (TPSA) is 67.0 Å². The van der Waals surface area contributed by atoms with E-state index in [1.165, 1.54) is 7.11 Å². The number of carbonyl (C=O) groups is 1. The van der Waals surface area contributed by atoms with E-state index in [-0.39, 0.29) is 5.91 Å². The van der Waals surface area contributed by atoms with Crippen LogP contribution in [-0.4, -0.2) is 23.2 Å². The lowest BCUT2D eigenvalue weighted by atomic mass is 10.1. The Bertz CT molecular complexity index is 814. The van der Waals surface area contributed by atoms with Gasteiger partial charge >= 0.3 is 0 Å². The van der Waals surface area contributed by atoms with Gasteiger partial charge in [-0.25, -0.2) is 0 Å². The van der Waals surface area contributed by atoms with E-state index in [0.717, 1.165) is 10.9 Å². The Morgan fingerprint density at radius 1 is 1.29 bits per heavy atom. The first-order chi connectivity index (χ1) is 10.2. The summed E-state index contributed by atoms with van der Waals surface area (Å²) >= 11 is 5.94. The molecule has 0 saturated heterocycles. The molecule has 3 aromatic rings. The van der Waals surface area contributed by atoms with Gasteiger partial charge in [0, 0.05) is 16.1 Å². The fourth-order valence-electron chi connectivity index (χ4n) is 2.08. The van der Waals surface area contributed by atoms with E-state index in [2.05, 4.69) is 15.5 Å². The van der Waals surface area contributed by atoms with Gasteiger partial charge in [-0.3, -0.25) is 9.89 Å². The van der Waals surface area contributed by atoms with Gasteiger partial charge in [0.25, 0.3) is 5.91 Å². The number of methoxy groups -OCH3 is 1. The van der Waals surface area contributed by atoms with Crippen molar-refractivity contribution in [2.24, 2.45) is 0 Å². The Morgan fingerprint density at radius 3 is 2.95 bits per heavy atom. The molecule has 5 nitrogen and oxygen atoms in total. The van der Waals surface area contributed by atoms with Crippen molar-refractivity contribution in [2.75, 3.05) is 12.4 Å². The van der Waals surface area contributed by atoms with Gasteiger partial charge in [-0.15, -0.1) is 0 Å². The number of amides is 1. The maximum absolute atomic E-state index is 12.3. The molecule has 21 heavy (non-hydrogen) atoms. The van der Waals surface area contributed by atoms with Gasteiger partial charge < -0.3 is 10.1 Å². The summed E-state index contributed by atoms with van der Waals surface area (Å²) in [6, 6.07) is 10.4. The van der Waals surface area contributed by atoms with E-state index in [9.17, 15) is 4.79 Å². The van der Waals surface area contributed by atoms with Crippen LogP contribution in [-0.2, 0) is 0 Å². The SMILES string of the molecule is COc1ccc(Cl)cc1C(=O)Nc1ccc2[nH]ncc2c1. The molecule has 1 amide bonds. The van der Waals surface area contributed by atoms with Crippen LogP contribution >= 0.6 is 11.6 Å². The zero-order valence-corrected chi connectivity index (χ0v) is 11.9. The quantitative estimate of drug-likeness (QED) is 0.778. The number of hydrogen-bond donors (Lipinski definition) is 2. The number of nitrogens with one attached hydrogen (secondary N) is 2. The summed E-state index contributed by atoms with van der Waals surface area (Å²) in [5, 5.41) is 11.0. The van der Waals surface area contributed by atoms with Gasteiger partial charge in [-0.2, -0.15) is 5.10 Å². The lowest BCUT2D eigenvalue weighted by Gasteiger charge is -2.09. The van der Waals surface area contributed by atoms with Crippen LogP contribution in [0.1, 0.15) is 10.4 Å². The summed E-state index contributed by atoms with van der Waals surface area (Å²) in [6.07, 6.45) is 1.70. The third-order valence-corrected chi connectivity index (χ3v) is 3.34. The highest BCUT2D eigenvalue weighted by molar-refractivity contribution is 6.31. The number of aromatic amines is 1. The molecule has 0 saturated carbocycles. The van der Waals surface area contributed by atoms with Gasteiger partial charge in [-0.05, 0) is 36.4 Å². The van der Waals surface area contributed by atoms with Crippen molar-refractivity contribution in [2.45, 2.75) is 0 Å². The van der Waals surface area contributed by atoms with Crippen molar-refractivity contribution >= 4 is 34.1 Å². The number of aromatic nitrogens is 2. The molecular formula is C15H12ClN3O2. The number of ether oxygens (including phenoxy) is 1. The van der Waals surface area contributed by atoms with Gasteiger partial charge in [0.2, 0.25) is 0 Å². The average Bonchev–Trinajstić information content (AvgIpc) is 2.94. The van der Waals surface area contributed by atoms with E-state index in [0.29, 0.717) is 22.0 Å². The standard InChI is InChI=1S/C15H12ClN3O2/c1-21-14-5-2-10(16)7-12(14)15(20)18-11-3-4-13-9(6-11)8-17-19-13/h2-8H,1H3,(H,17,19)(H,18,20). The third-order valence-electron chi connectivity index (χ3n) is 3.10. The van der Waals surface area contributed by atoms with Crippen molar-refractivity contribution in [3.8, 4) is 5.75 Å². The number of carbonyl (C=O) groups excluding carboxylic acids is 1. The molecule has 2 aromatic carbocycles. The second-order valence-electron chi connectivity index (χ2n) is 4.47. The molecule has 0 aliphatic rings. The zero-order chi connectivity index (χ0) is 14.8. The summed E-state index contributed by atoms with van der Waals surface area (Å²) < 4.78 is 5.18. The van der Waals surface area contributed by atoms with Gasteiger partial charge in [0.15, 0.2) is 0 Å². The molecule has 0 aliphatic carbocycles. The maximum atomic E-state index is 12.3. The fourth-order valence-corrected chi connectivity index (χ4v) is 2.25. The Labute approximate surface area is 125 Å². The van der Waals surface area contributed by atoms with E-state index in [1.54, 1.807) is 30.5 Å². The lowest BCUT2D eigenvalue weighted by molar-refractivity contribution is 0.102. The molecule has 0 spiro atoms.